The van der Waals surface area contributed by atoms with Crippen LogP contribution in [-0.4, -0.2) is 13.2 Å². The summed E-state index contributed by atoms with van der Waals surface area (Å²) in [6.45, 7) is 1.65. The van der Waals surface area contributed by atoms with Crippen molar-refractivity contribution < 1.29 is 9.47 Å². The number of hydrogen-bond acceptors (Lipinski definition) is 3. The molecule has 1 heterocycles. The second-order valence-electron chi connectivity index (χ2n) is 13.5. The van der Waals surface area contributed by atoms with E-state index < -0.39 is 0 Å². The summed E-state index contributed by atoms with van der Waals surface area (Å²) in [5.74, 6) is 1.97. The van der Waals surface area contributed by atoms with Gasteiger partial charge in [0.2, 0.25) is 0 Å². The van der Waals surface area contributed by atoms with Gasteiger partial charge in [-0.2, -0.15) is 0 Å². The van der Waals surface area contributed by atoms with Crippen LogP contribution >= 0.6 is 11.3 Å². The second-order valence-corrected chi connectivity index (χ2v) is 14.6. The summed E-state index contributed by atoms with van der Waals surface area (Å²) in [7, 11) is 0. The van der Waals surface area contributed by atoms with Crippen LogP contribution in [0.25, 0.3) is 32.3 Å². The van der Waals surface area contributed by atoms with E-state index in [0.717, 1.165) is 50.4 Å². The van der Waals surface area contributed by atoms with Crippen LogP contribution in [0.5, 0.6) is 11.5 Å². The average molecular weight is 641 g/mol. The number of unbranched alkanes of at least 4 members (excludes halogenated alkanes) is 8. The molecule has 47 heavy (non-hydrogen) atoms. The first-order chi connectivity index (χ1) is 23.3. The van der Waals surface area contributed by atoms with Gasteiger partial charge in [-0.25, -0.2) is 0 Å². The predicted octanol–water partition coefficient (Wildman–Crippen LogP) is 12.8. The van der Waals surface area contributed by atoms with Gasteiger partial charge in [-0.1, -0.05) is 98.2 Å². The topological polar surface area (TPSA) is 18.5 Å². The van der Waals surface area contributed by atoms with Crippen LogP contribution in [0.1, 0.15) is 99.3 Å². The van der Waals surface area contributed by atoms with Crippen molar-refractivity contribution in [2.75, 3.05) is 13.2 Å². The lowest BCUT2D eigenvalue weighted by atomic mass is 10.0. The Morgan fingerprint density at radius 3 is 1.36 bits per heavy atom. The number of fused-ring (bicyclic) bond motifs is 5. The van der Waals surface area contributed by atoms with Gasteiger partial charge >= 0.3 is 0 Å². The Balaban J connectivity index is 0.849. The molecule has 2 aliphatic rings. The molecule has 2 aliphatic carbocycles. The third-order valence-corrected chi connectivity index (χ3v) is 11.0. The number of rotatable bonds is 18. The summed E-state index contributed by atoms with van der Waals surface area (Å²) in [5.41, 5.74) is 9.18. The standard InChI is InChI=1S/C44H48O2S/c1(5-15-23-45-39-19-11-7-12-20-39)3-9-17-33-25-35-29-41-42-30-36-26-34(28-38(36)32-44(42)47-43(41)31-37(35)27-33)18-10-4-2-6-16-24-46-40-21-13-8-14-22-40/h7-8,11-14,19-22,25-26,29-32H,1-6,9-10,15-18,23-24,27-28H2. The van der Waals surface area contributed by atoms with Gasteiger partial charge in [0.25, 0.3) is 0 Å². The lowest BCUT2D eigenvalue weighted by molar-refractivity contribution is 0.304. The molecule has 3 heteroatoms. The van der Waals surface area contributed by atoms with Crippen LogP contribution in [0.3, 0.4) is 0 Å². The van der Waals surface area contributed by atoms with E-state index in [9.17, 15) is 0 Å². The lowest BCUT2D eigenvalue weighted by Gasteiger charge is -2.06. The minimum Gasteiger partial charge on any atom is -0.494 e. The van der Waals surface area contributed by atoms with Gasteiger partial charge < -0.3 is 9.47 Å². The van der Waals surface area contributed by atoms with Crippen LogP contribution < -0.4 is 9.47 Å². The molecular weight excluding hydrogens is 593 g/mol. The Morgan fingerprint density at radius 1 is 0.468 bits per heavy atom. The molecule has 2 nitrogen and oxygen atoms in total. The zero-order valence-corrected chi connectivity index (χ0v) is 28.6. The maximum absolute atomic E-state index is 5.83. The first-order valence-corrected chi connectivity index (χ1v) is 18.9. The zero-order valence-electron chi connectivity index (χ0n) is 27.8. The van der Waals surface area contributed by atoms with Gasteiger partial charge in [-0.05, 0) is 122 Å². The molecule has 0 amide bonds. The van der Waals surface area contributed by atoms with Crippen molar-refractivity contribution in [1.29, 1.82) is 0 Å². The molecule has 0 saturated carbocycles. The monoisotopic (exact) mass is 640 g/mol. The largest absolute Gasteiger partial charge is 0.494 e. The van der Waals surface area contributed by atoms with E-state index in [-0.39, 0.29) is 0 Å². The van der Waals surface area contributed by atoms with Crippen LogP contribution in [0.15, 0.2) is 96.1 Å². The van der Waals surface area contributed by atoms with Crippen LogP contribution in [0, 0.1) is 0 Å². The number of thiophene rings is 1. The first-order valence-electron chi connectivity index (χ1n) is 18.1. The summed E-state index contributed by atoms with van der Waals surface area (Å²) in [6.07, 6.45) is 22.3. The number of para-hydroxylation sites is 2. The van der Waals surface area contributed by atoms with E-state index in [1.807, 2.05) is 72.0 Å². The molecule has 0 unspecified atom stereocenters. The summed E-state index contributed by atoms with van der Waals surface area (Å²) >= 11 is 1.99. The van der Waals surface area contributed by atoms with Crippen molar-refractivity contribution >= 4 is 43.7 Å². The number of allylic oxidation sites excluding steroid dienone is 2. The highest BCUT2D eigenvalue weighted by molar-refractivity contribution is 7.25. The fourth-order valence-electron chi connectivity index (χ4n) is 7.30. The summed E-state index contributed by atoms with van der Waals surface area (Å²) in [5, 5.41) is 2.89. The smallest absolute Gasteiger partial charge is 0.119 e. The molecule has 7 rings (SSSR count). The fourth-order valence-corrected chi connectivity index (χ4v) is 8.49. The zero-order chi connectivity index (χ0) is 31.7. The molecule has 0 saturated heterocycles. The highest BCUT2D eigenvalue weighted by atomic mass is 32.1. The highest BCUT2D eigenvalue weighted by Crippen LogP contribution is 2.42. The molecule has 0 atom stereocenters. The van der Waals surface area contributed by atoms with Crippen molar-refractivity contribution in [3.63, 3.8) is 0 Å². The van der Waals surface area contributed by atoms with Crippen molar-refractivity contribution in [1.82, 2.24) is 0 Å². The summed E-state index contributed by atoms with van der Waals surface area (Å²) < 4.78 is 14.6. The quantitative estimate of drug-likeness (QED) is 0.0887. The highest BCUT2D eigenvalue weighted by Gasteiger charge is 2.19. The number of benzene rings is 4. The summed E-state index contributed by atoms with van der Waals surface area (Å²) in [6, 6.07) is 30.3. The second kappa shape index (κ2) is 15.8. The third-order valence-electron chi connectivity index (χ3n) is 9.86. The van der Waals surface area contributed by atoms with E-state index in [1.54, 1.807) is 11.1 Å². The van der Waals surface area contributed by atoms with Crippen molar-refractivity contribution in [3.8, 4) is 11.5 Å². The van der Waals surface area contributed by atoms with Crippen molar-refractivity contribution in [2.24, 2.45) is 0 Å². The van der Waals surface area contributed by atoms with Crippen LogP contribution in [0.2, 0.25) is 0 Å². The first kappa shape index (κ1) is 31.8. The molecule has 4 aromatic carbocycles. The fraction of sp³-hybridized carbons (Fsp3) is 0.364. The van der Waals surface area contributed by atoms with Crippen molar-refractivity contribution in [3.05, 3.63) is 118 Å². The molecule has 1 aromatic heterocycles. The van der Waals surface area contributed by atoms with Gasteiger partial charge in [0.05, 0.1) is 13.2 Å². The van der Waals surface area contributed by atoms with Gasteiger partial charge in [-0.15, -0.1) is 11.3 Å². The molecule has 0 bridgehead atoms. The number of hydrogen-bond donors (Lipinski definition) is 0. The maximum Gasteiger partial charge on any atom is 0.119 e. The minimum absolute atomic E-state index is 0.823. The Bertz CT molecular complexity index is 1700. The van der Waals surface area contributed by atoms with Gasteiger partial charge in [0.15, 0.2) is 0 Å². The van der Waals surface area contributed by atoms with Gasteiger partial charge in [0, 0.05) is 20.2 Å². The Hall–Kier alpha value is -3.82. The Labute approximate surface area is 285 Å². The van der Waals surface area contributed by atoms with Crippen molar-refractivity contribution in [2.45, 2.75) is 89.9 Å². The molecule has 242 valence electrons. The van der Waals surface area contributed by atoms with Gasteiger partial charge in [0.1, 0.15) is 11.5 Å². The SMILES string of the molecule is C1=C(CCCCCCCOc2ccccc2)Cc2cc3sc4cc5c(cc4c3cc21)C=C(CCCCCCCOc1ccccc1)C5. The van der Waals surface area contributed by atoms with E-state index in [4.69, 9.17) is 9.47 Å². The third kappa shape index (κ3) is 8.37. The van der Waals surface area contributed by atoms with E-state index in [1.165, 1.54) is 107 Å². The molecular formula is C44H48O2S. The van der Waals surface area contributed by atoms with E-state index in [0.29, 0.717) is 0 Å². The van der Waals surface area contributed by atoms with E-state index in [2.05, 4.69) is 36.4 Å². The van der Waals surface area contributed by atoms with Gasteiger partial charge in [-0.3, -0.25) is 0 Å². The molecule has 0 N–H and O–H groups in total. The molecule has 5 aromatic rings. The minimum atomic E-state index is 0.823. The average Bonchev–Trinajstić information content (AvgIpc) is 3.79. The van der Waals surface area contributed by atoms with E-state index >= 15 is 0 Å². The van der Waals surface area contributed by atoms with Crippen LogP contribution in [-0.2, 0) is 12.8 Å². The normalized spacial score (nSPS) is 13.5. The molecule has 0 fully saturated rings. The molecule has 0 spiro atoms. The maximum atomic E-state index is 5.83. The summed E-state index contributed by atoms with van der Waals surface area (Å²) in [4.78, 5) is 0. The predicted molar refractivity (Wildman–Crippen MR) is 202 cm³/mol. The Kier molecular flexibility index (Phi) is 10.7. The molecule has 0 radical (unpaired) electrons. The number of ether oxygens (including phenoxy) is 2. The van der Waals surface area contributed by atoms with Crippen LogP contribution in [0.4, 0.5) is 0 Å². The Morgan fingerprint density at radius 2 is 0.894 bits per heavy atom. The lowest BCUT2D eigenvalue weighted by Crippen LogP contribution is -1.96. The molecule has 0 aliphatic heterocycles.